The molecule has 6 nitrogen and oxygen atoms in total. The van der Waals surface area contributed by atoms with Gasteiger partial charge in [-0.15, -0.1) is 11.8 Å². The second-order valence-corrected chi connectivity index (χ2v) is 8.26. The molecule has 0 unspecified atom stereocenters. The van der Waals surface area contributed by atoms with Crippen LogP contribution in [0.25, 0.3) is 0 Å². The summed E-state index contributed by atoms with van der Waals surface area (Å²) in [4.78, 5) is 24.0. The van der Waals surface area contributed by atoms with Crippen LogP contribution in [0.3, 0.4) is 0 Å². The van der Waals surface area contributed by atoms with Crippen molar-refractivity contribution >= 4 is 35.0 Å². The summed E-state index contributed by atoms with van der Waals surface area (Å²) in [7, 11) is 0. The molecular weight excluding hydrogens is 388 g/mol. The highest BCUT2D eigenvalue weighted by Gasteiger charge is 2.34. The van der Waals surface area contributed by atoms with Crippen LogP contribution in [-0.4, -0.2) is 35.3 Å². The van der Waals surface area contributed by atoms with Crippen molar-refractivity contribution in [3.8, 4) is 0 Å². The number of carbonyl (C=O) groups excluding carboxylic acids is 1. The molecule has 27 heavy (non-hydrogen) atoms. The average Bonchev–Trinajstić information content (AvgIpc) is 2.67. The molecule has 1 heterocycles. The van der Waals surface area contributed by atoms with Gasteiger partial charge < -0.3 is 10.1 Å². The van der Waals surface area contributed by atoms with Gasteiger partial charge in [0.1, 0.15) is 0 Å². The van der Waals surface area contributed by atoms with E-state index < -0.39 is 4.92 Å². The molecule has 1 aliphatic heterocycles. The van der Waals surface area contributed by atoms with Crippen LogP contribution in [0.1, 0.15) is 23.2 Å². The Morgan fingerprint density at radius 3 is 2.56 bits per heavy atom. The fraction of sp³-hybridized carbons (Fsp3) is 0.316. The summed E-state index contributed by atoms with van der Waals surface area (Å²) in [5, 5.41) is 13.8. The zero-order valence-electron chi connectivity index (χ0n) is 14.5. The number of halogens is 1. The molecule has 0 saturated carbocycles. The minimum atomic E-state index is -0.541. The SMILES string of the molecule is O=C(NCC1(Sc2ccccc2)CCOCC1)c1ccc([N+](=O)[O-])cc1Cl. The van der Waals surface area contributed by atoms with E-state index >= 15 is 0 Å². The summed E-state index contributed by atoms with van der Waals surface area (Å²) >= 11 is 7.81. The zero-order valence-corrected chi connectivity index (χ0v) is 16.1. The van der Waals surface area contributed by atoms with Crippen molar-refractivity contribution < 1.29 is 14.5 Å². The number of amides is 1. The van der Waals surface area contributed by atoms with Gasteiger partial charge >= 0.3 is 0 Å². The Morgan fingerprint density at radius 1 is 1.22 bits per heavy atom. The molecular formula is C19H19ClN2O4S. The van der Waals surface area contributed by atoms with Crippen LogP contribution in [-0.2, 0) is 4.74 Å². The van der Waals surface area contributed by atoms with Gasteiger partial charge in [0.25, 0.3) is 11.6 Å². The summed E-state index contributed by atoms with van der Waals surface area (Å²) in [5.74, 6) is -0.338. The lowest BCUT2D eigenvalue weighted by molar-refractivity contribution is -0.384. The molecule has 1 saturated heterocycles. The number of rotatable bonds is 6. The number of non-ortho nitro benzene ring substituents is 1. The van der Waals surface area contributed by atoms with Crippen LogP contribution < -0.4 is 5.32 Å². The molecule has 1 fully saturated rings. The molecule has 1 amide bonds. The predicted octanol–water partition coefficient (Wildman–Crippen LogP) is 4.32. The Labute approximate surface area is 166 Å². The number of nitrogens with zero attached hydrogens (tertiary/aromatic N) is 1. The number of hydrogen-bond acceptors (Lipinski definition) is 5. The minimum Gasteiger partial charge on any atom is -0.381 e. The van der Waals surface area contributed by atoms with Crippen molar-refractivity contribution in [3.63, 3.8) is 0 Å². The molecule has 0 spiro atoms. The van der Waals surface area contributed by atoms with E-state index in [0.29, 0.717) is 19.8 Å². The van der Waals surface area contributed by atoms with E-state index in [1.54, 1.807) is 11.8 Å². The standard InChI is InChI=1S/C19H19ClN2O4S/c20-17-12-14(22(24)25)6-7-16(17)18(23)21-13-19(8-10-26-11-9-19)27-15-4-2-1-3-5-15/h1-7,12H,8-11,13H2,(H,21,23). The second-order valence-electron chi connectivity index (χ2n) is 6.31. The van der Waals surface area contributed by atoms with Gasteiger partial charge in [-0.1, -0.05) is 29.8 Å². The number of nitro benzene ring substituents is 1. The lowest BCUT2D eigenvalue weighted by atomic mass is 9.99. The summed E-state index contributed by atoms with van der Waals surface area (Å²) in [5.41, 5.74) is 0.0891. The van der Waals surface area contributed by atoms with Crippen LogP contribution in [0, 0.1) is 10.1 Å². The maximum absolute atomic E-state index is 12.6. The molecule has 3 rings (SSSR count). The molecule has 1 N–H and O–H groups in total. The highest BCUT2D eigenvalue weighted by atomic mass is 35.5. The number of carbonyl (C=O) groups is 1. The molecule has 2 aromatic carbocycles. The zero-order chi connectivity index (χ0) is 19.3. The fourth-order valence-corrected chi connectivity index (χ4v) is 4.50. The number of nitro groups is 1. The van der Waals surface area contributed by atoms with Crippen molar-refractivity contribution in [1.29, 1.82) is 0 Å². The highest BCUT2D eigenvalue weighted by Crippen LogP contribution is 2.40. The van der Waals surface area contributed by atoms with Crippen molar-refractivity contribution in [2.45, 2.75) is 22.5 Å². The van der Waals surface area contributed by atoms with Crippen molar-refractivity contribution in [2.75, 3.05) is 19.8 Å². The molecule has 0 aliphatic carbocycles. The van der Waals surface area contributed by atoms with Gasteiger partial charge in [-0.3, -0.25) is 14.9 Å². The first-order valence-electron chi connectivity index (χ1n) is 8.53. The lowest BCUT2D eigenvalue weighted by Crippen LogP contribution is -2.44. The van der Waals surface area contributed by atoms with Crippen LogP contribution >= 0.6 is 23.4 Å². The summed E-state index contributed by atoms with van der Waals surface area (Å²) in [6.45, 7) is 1.75. The van der Waals surface area contributed by atoms with Crippen molar-refractivity contribution in [3.05, 3.63) is 69.2 Å². The third kappa shape index (κ3) is 5.00. The van der Waals surface area contributed by atoms with E-state index in [2.05, 4.69) is 17.4 Å². The van der Waals surface area contributed by atoms with Crippen LogP contribution in [0.4, 0.5) is 5.69 Å². The molecule has 142 valence electrons. The van der Waals surface area contributed by atoms with Crippen LogP contribution in [0.2, 0.25) is 5.02 Å². The van der Waals surface area contributed by atoms with Gasteiger partial charge in [-0.2, -0.15) is 0 Å². The number of ether oxygens (including phenoxy) is 1. The predicted molar refractivity (Wildman–Crippen MR) is 106 cm³/mol. The summed E-state index contributed by atoms with van der Waals surface area (Å²) < 4.78 is 5.33. The average molecular weight is 407 g/mol. The van der Waals surface area contributed by atoms with E-state index in [1.165, 1.54) is 18.2 Å². The Balaban J connectivity index is 1.71. The summed E-state index contributed by atoms with van der Waals surface area (Å²) in [6, 6.07) is 13.9. The molecule has 8 heteroatoms. The van der Waals surface area contributed by atoms with Gasteiger partial charge in [-0.05, 0) is 31.0 Å². The van der Waals surface area contributed by atoms with Gasteiger partial charge in [0.15, 0.2) is 0 Å². The Bertz CT molecular complexity index is 826. The quantitative estimate of drug-likeness (QED) is 0.570. The minimum absolute atomic E-state index is 0.0680. The number of benzene rings is 2. The van der Waals surface area contributed by atoms with E-state index in [9.17, 15) is 14.9 Å². The Kier molecular flexibility index (Phi) is 6.36. The third-order valence-corrected chi connectivity index (χ3v) is 6.27. The topological polar surface area (TPSA) is 81.5 Å². The Morgan fingerprint density at radius 2 is 1.93 bits per heavy atom. The molecule has 0 atom stereocenters. The largest absolute Gasteiger partial charge is 0.381 e. The number of thioether (sulfide) groups is 1. The van der Waals surface area contributed by atoms with Gasteiger partial charge in [0.05, 0.1) is 15.5 Å². The molecule has 0 bridgehead atoms. The first-order chi connectivity index (χ1) is 13.0. The normalized spacial score (nSPS) is 15.9. The van der Waals surface area contributed by atoms with E-state index in [1.807, 2.05) is 18.2 Å². The first kappa shape index (κ1) is 19.7. The van der Waals surface area contributed by atoms with E-state index in [-0.39, 0.29) is 26.9 Å². The maximum Gasteiger partial charge on any atom is 0.270 e. The van der Waals surface area contributed by atoms with E-state index in [4.69, 9.17) is 16.3 Å². The van der Waals surface area contributed by atoms with Crippen molar-refractivity contribution in [1.82, 2.24) is 5.32 Å². The van der Waals surface area contributed by atoms with Crippen molar-refractivity contribution in [2.24, 2.45) is 0 Å². The maximum atomic E-state index is 12.6. The number of hydrogen-bond donors (Lipinski definition) is 1. The summed E-state index contributed by atoms with van der Waals surface area (Å²) in [6.07, 6.45) is 1.64. The second kappa shape index (κ2) is 8.73. The molecule has 1 aliphatic rings. The van der Waals surface area contributed by atoms with Gasteiger partial charge in [0, 0.05) is 41.5 Å². The highest BCUT2D eigenvalue weighted by molar-refractivity contribution is 8.00. The smallest absolute Gasteiger partial charge is 0.270 e. The molecule has 2 aromatic rings. The van der Waals surface area contributed by atoms with Crippen LogP contribution in [0.15, 0.2) is 53.4 Å². The molecule has 0 radical (unpaired) electrons. The van der Waals surface area contributed by atoms with E-state index in [0.717, 1.165) is 17.7 Å². The third-order valence-electron chi connectivity index (χ3n) is 4.46. The fourth-order valence-electron chi connectivity index (χ4n) is 2.94. The number of nitrogens with one attached hydrogen (secondary N) is 1. The first-order valence-corrected chi connectivity index (χ1v) is 9.72. The van der Waals surface area contributed by atoms with Gasteiger partial charge in [0.2, 0.25) is 0 Å². The lowest BCUT2D eigenvalue weighted by Gasteiger charge is -2.36. The van der Waals surface area contributed by atoms with Gasteiger partial charge in [-0.25, -0.2) is 0 Å². The molecule has 0 aromatic heterocycles. The monoisotopic (exact) mass is 406 g/mol. The van der Waals surface area contributed by atoms with Crippen LogP contribution in [0.5, 0.6) is 0 Å². The Hall–Kier alpha value is -2.09.